The summed E-state index contributed by atoms with van der Waals surface area (Å²) < 4.78 is 0. The zero-order chi connectivity index (χ0) is 13.1. The second kappa shape index (κ2) is 5.67. The number of aliphatic hydroxyl groups excluding tert-OH is 1. The Kier molecular flexibility index (Phi) is 4.19. The summed E-state index contributed by atoms with van der Waals surface area (Å²) in [5.74, 6) is 1.64. The molecule has 0 saturated carbocycles. The highest BCUT2D eigenvalue weighted by molar-refractivity contribution is 5.52. The SMILES string of the molecule is Cc1cc(C)c(CN)c(N2CCC(CCO)C2)n1. The van der Waals surface area contributed by atoms with Gasteiger partial charge in [-0.05, 0) is 44.2 Å². The average molecular weight is 249 g/mol. The lowest BCUT2D eigenvalue weighted by Gasteiger charge is -2.22. The Labute approximate surface area is 109 Å². The van der Waals surface area contributed by atoms with Crippen molar-refractivity contribution < 1.29 is 5.11 Å². The highest BCUT2D eigenvalue weighted by Crippen LogP contribution is 2.28. The van der Waals surface area contributed by atoms with E-state index in [1.54, 1.807) is 0 Å². The van der Waals surface area contributed by atoms with Crippen molar-refractivity contribution in [2.45, 2.75) is 33.2 Å². The number of pyridine rings is 1. The average Bonchev–Trinajstić information content (AvgIpc) is 2.77. The number of anilines is 1. The van der Waals surface area contributed by atoms with E-state index in [2.05, 4.69) is 22.9 Å². The van der Waals surface area contributed by atoms with Gasteiger partial charge in [-0.1, -0.05) is 0 Å². The topological polar surface area (TPSA) is 62.4 Å². The third-order valence-corrected chi connectivity index (χ3v) is 3.78. The number of nitrogens with two attached hydrogens (primary N) is 1. The van der Waals surface area contributed by atoms with Crippen molar-refractivity contribution >= 4 is 5.82 Å². The number of aryl methyl sites for hydroxylation is 2. The van der Waals surface area contributed by atoms with E-state index >= 15 is 0 Å². The fourth-order valence-electron chi connectivity index (χ4n) is 2.80. The molecule has 100 valence electrons. The highest BCUT2D eigenvalue weighted by Gasteiger charge is 2.25. The summed E-state index contributed by atoms with van der Waals surface area (Å²) in [4.78, 5) is 6.99. The van der Waals surface area contributed by atoms with Gasteiger partial charge in [0.25, 0.3) is 0 Å². The van der Waals surface area contributed by atoms with Crippen molar-refractivity contribution in [3.8, 4) is 0 Å². The Morgan fingerprint density at radius 1 is 1.50 bits per heavy atom. The fourth-order valence-corrected chi connectivity index (χ4v) is 2.80. The molecule has 0 radical (unpaired) electrons. The summed E-state index contributed by atoms with van der Waals surface area (Å²) in [5, 5.41) is 9.02. The fraction of sp³-hybridized carbons (Fsp3) is 0.643. The predicted octanol–water partition coefficient (Wildman–Crippen LogP) is 1.37. The van der Waals surface area contributed by atoms with Crippen LogP contribution in [0.3, 0.4) is 0 Å². The van der Waals surface area contributed by atoms with E-state index in [4.69, 9.17) is 10.8 Å². The first kappa shape index (κ1) is 13.3. The first-order chi connectivity index (χ1) is 8.65. The van der Waals surface area contributed by atoms with Crippen LogP contribution < -0.4 is 10.6 Å². The molecule has 1 saturated heterocycles. The molecule has 1 aliphatic heterocycles. The molecular weight excluding hydrogens is 226 g/mol. The molecule has 0 aliphatic carbocycles. The molecule has 1 unspecified atom stereocenters. The highest BCUT2D eigenvalue weighted by atomic mass is 16.3. The van der Waals surface area contributed by atoms with E-state index in [-0.39, 0.29) is 6.61 Å². The van der Waals surface area contributed by atoms with Gasteiger partial charge in [-0.15, -0.1) is 0 Å². The predicted molar refractivity (Wildman–Crippen MR) is 73.6 cm³/mol. The molecule has 0 amide bonds. The van der Waals surface area contributed by atoms with E-state index in [9.17, 15) is 0 Å². The van der Waals surface area contributed by atoms with E-state index in [0.717, 1.165) is 43.0 Å². The molecule has 2 heterocycles. The second-order valence-electron chi connectivity index (χ2n) is 5.20. The van der Waals surface area contributed by atoms with Crippen molar-refractivity contribution in [2.75, 3.05) is 24.6 Å². The van der Waals surface area contributed by atoms with Crippen LogP contribution in [-0.2, 0) is 6.54 Å². The summed E-state index contributed by atoms with van der Waals surface area (Å²) in [6, 6.07) is 2.09. The maximum Gasteiger partial charge on any atom is 0.133 e. The van der Waals surface area contributed by atoms with Gasteiger partial charge in [0.2, 0.25) is 0 Å². The lowest BCUT2D eigenvalue weighted by molar-refractivity contribution is 0.263. The minimum absolute atomic E-state index is 0.280. The lowest BCUT2D eigenvalue weighted by atomic mass is 10.1. The number of hydrogen-bond acceptors (Lipinski definition) is 4. The normalized spacial score (nSPS) is 19.6. The van der Waals surface area contributed by atoms with Gasteiger partial charge in [-0.3, -0.25) is 0 Å². The van der Waals surface area contributed by atoms with Gasteiger partial charge in [0.15, 0.2) is 0 Å². The van der Waals surface area contributed by atoms with Crippen molar-refractivity contribution in [2.24, 2.45) is 11.7 Å². The molecule has 18 heavy (non-hydrogen) atoms. The number of hydrogen-bond donors (Lipinski definition) is 2. The molecule has 1 atom stereocenters. The Hall–Kier alpha value is -1.13. The van der Waals surface area contributed by atoms with Crippen molar-refractivity contribution in [3.63, 3.8) is 0 Å². The minimum Gasteiger partial charge on any atom is -0.396 e. The molecule has 1 aliphatic rings. The van der Waals surface area contributed by atoms with Crippen LogP contribution >= 0.6 is 0 Å². The molecule has 0 spiro atoms. The van der Waals surface area contributed by atoms with Crippen LogP contribution in [0.5, 0.6) is 0 Å². The van der Waals surface area contributed by atoms with Crippen LogP contribution in [0.15, 0.2) is 6.07 Å². The first-order valence-electron chi connectivity index (χ1n) is 6.68. The monoisotopic (exact) mass is 249 g/mol. The van der Waals surface area contributed by atoms with Gasteiger partial charge >= 0.3 is 0 Å². The summed E-state index contributed by atoms with van der Waals surface area (Å²) in [5.41, 5.74) is 9.29. The van der Waals surface area contributed by atoms with E-state index in [0.29, 0.717) is 12.5 Å². The van der Waals surface area contributed by atoms with E-state index < -0.39 is 0 Å². The largest absolute Gasteiger partial charge is 0.396 e. The van der Waals surface area contributed by atoms with Crippen molar-refractivity contribution in [3.05, 3.63) is 22.9 Å². The molecule has 0 aromatic carbocycles. The van der Waals surface area contributed by atoms with Crippen molar-refractivity contribution in [1.82, 2.24) is 4.98 Å². The van der Waals surface area contributed by atoms with Crippen LogP contribution in [0, 0.1) is 19.8 Å². The minimum atomic E-state index is 0.280. The zero-order valence-electron chi connectivity index (χ0n) is 11.3. The number of aromatic nitrogens is 1. The molecule has 3 N–H and O–H groups in total. The molecule has 1 aromatic heterocycles. The summed E-state index contributed by atoms with van der Waals surface area (Å²) in [6.07, 6.45) is 2.03. The number of rotatable bonds is 4. The van der Waals surface area contributed by atoms with Gasteiger partial charge in [-0.25, -0.2) is 4.98 Å². The molecule has 4 heteroatoms. The summed E-state index contributed by atoms with van der Waals surface area (Å²) >= 11 is 0. The first-order valence-corrected chi connectivity index (χ1v) is 6.68. The summed E-state index contributed by atoms with van der Waals surface area (Å²) in [6.45, 7) is 6.95. The zero-order valence-corrected chi connectivity index (χ0v) is 11.3. The third kappa shape index (κ3) is 2.65. The maximum atomic E-state index is 9.02. The molecule has 1 aromatic rings. The lowest BCUT2D eigenvalue weighted by Crippen LogP contribution is -2.24. The standard InChI is InChI=1S/C14H23N3O/c1-10-7-11(2)16-14(13(10)8-15)17-5-3-12(9-17)4-6-18/h7,12,18H,3-6,8-9,15H2,1-2H3. The number of aliphatic hydroxyl groups is 1. The van der Waals surface area contributed by atoms with Gasteiger partial charge in [0.1, 0.15) is 5.82 Å². The third-order valence-electron chi connectivity index (χ3n) is 3.78. The molecule has 2 rings (SSSR count). The van der Waals surface area contributed by atoms with Crippen LogP contribution in [0.1, 0.15) is 29.7 Å². The molecule has 4 nitrogen and oxygen atoms in total. The van der Waals surface area contributed by atoms with Gasteiger partial charge in [-0.2, -0.15) is 0 Å². The van der Waals surface area contributed by atoms with Crippen LogP contribution in [-0.4, -0.2) is 29.8 Å². The quantitative estimate of drug-likeness (QED) is 0.846. The van der Waals surface area contributed by atoms with Gasteiger partial charge < -0.3 is 15.7 Å². The number of nitrogens with zero attached hydrogens (tertiary/aromatic N) is 2. The maximum absolute atomic E-state index is 9.02. The van der Waals surface area contributed by atoms with Crippen molar-refractivity contribution in [1.29, 1.82) is 0 Å². The van der Waals surface area contributed by atoms with Gasteiger partial charge in [0, 0.05) is 37.5 Å². The van der Waals surface area contributed by atoms with Crippen LogP contribution in [0.4, 0.5) is 5.82 Å². The second-order valence-corrected chi connectivity index (χ2v) is 5.20. The Morgan fingerprint density at radius 2 is 2.28 bits per heavy atom. The summed E-state index contributed by atoms with van der Waals surface area (Å²) in [7, 11) is 0. The molecule has 0 bridgehead atoms. The van der Waals surface area contributed by atoms with Gasteiger partial charge in [0.05, 0.1) is 0 Å². The Bertz CT molecular complexity index is 420. The molecular formula is C14H23N3O. The Morgan fingerprint density at radius 3 is 2.94 bits per heavy atom. The smallest absolute Gasteiger partial charge is 0.133 e. The van der Waals surface area contributed by atoms with Crippen LogP contribution in [0.2, 0.25) is 0 Å². The molecule has 1 fully saturated rings. The van der Waals surface area contributed by atoms with Crippen LogP contribution in [0.25, 0.3) is 0 Å². The van der Waals surface area contributed by atoms with E-state index in [1.807, 2.05) is 6.92 Å². The van der Waals surface area contributed by atoms with E-state index in [1.165, 1.54) is 5.56 Å². The Balaban J connectivity index is 2.23.